The molecule has 1 heterocycles. The van der Waals surface area contributed by atoms with Gasteiger partial charge < -0.3 is 10.2 Å². The summed E-state index contributed by atoms with van der Waals surface area (Å²) in [5.41, 5.74) is 0.0799. The summed E-state index contributed by atoms with van der Waals surface area (Å²) < 4.78 is 1.85. The van der Waals surface area contributed by atoms with Gasteiger partial charge in [0.05, 0.1) is 11.4 Å². The van der Waals surface area contributed by atoms with Crippen LogP contribution in [0.5, 0.6) is 11.6 Å². The Hall–Kier alpha value is -3.13. The fraction of sp³-hybridized carbons (Fsp3) is 0.0556. The lowest BCUT2D eigenvalue weighted by molar-refractivity contribution is 0.430. The molecule has 0 radical (unpaired) electrons. The lowest BCUT2D eigenvalue weighted by Crippen LogP contribution is -2.31. The molecule has 0 atom stereocenters. The Bertz CT molecular complexity index is 1110. The van der Waals surface area contributed by atoms with Gasteiger partial charge in [-0.1, -0.05) is 15.9 Å². The van der Waals surface area contributed by atoms with E-state index < -0.39 is 17.1 Å². The van der Waals surface area contributed by atoms with Crippen molar-refractivity contribution < 1.29 is 10.2 Å². The number of aliphatic imine (C=N–C) groups is 1. The number of hydrogen-bond acceptors (Lipinski definition) is 5. The molecule has 3 N–H and O–H groups in total. The van der Waals surface area contributed by atoms with Crippen molar-refractivity contribution in [1.82, 2.24) is 9.55 Å². The standard InChI is InChI=1S/C18H14BrN3O4/c1-10-8-12(4-7-15(10)19)22-17(25)14(16(24)21-18(22)26)9-20-11-2-5-13(23)6-3-11/h2-9,23,25H,1H3,(H,21,24,26). The first-order valence-electron chi connectivity index (χ1n) is 7.55. The van der Waals surface area contributed by atoms with Gasteiger partial charge in [-0.2, -0.15) is 0 Å². The van der Waals surface area contributed by atoms with Gasteiger partial charge in [0.15, 0.2) is 0 Å². The molecule has 0 aliphatic carbocycles. The van der Waals surface area contributed by atoms with Crippen LogP contribution in [0.25, 0.3) is 5.69 Å². The predicted molar refractivity (Wildman–Crippen MR) is 102 cm³/mol. The maximum Gasteiger partial charge on any atom is 0.335 e. The highest BCUT2D eigenvalue weighted by molar-refractivity contribution is 9.10. The number of nitrogens with one attached hydrogen (secondary N) is 1. The van der Waals surface area contributed by atoms with Gasteiger partial charge in [-0.3, -0.25) is 14.8 Å². The van der Waals surface area contributed by atoms with Gasteiger partial charge in [0.25, 0.3) is 5.56 Å². The Morgan fingerprint density at radius 3 is 2.46 bits per heavy atom. The summed E-state index contributed by atoms with van der Waals surface area (Å²) in [6.07, 6.45) is 1.17. The van der Waals surface area contributed by atoms with Crippen LogP contribution in [0.3, 0.4) is 0 Å². The van der Waals surface area contributed by atoms with Crippen molar-refractivity contribution in [1.29, 1.82) is 0 Å². The number of phenols is 1. The quantitative estimate of drug-likeness (QED) is 0.571. The molecule has 0 bridgehead atoms. The van der Waals surface area contributed by atoms with E-state index in [1.165, 1.54) is 18.3 Å². The van der Waals surface area contributed by atoms with Crippen molar-refractivity contribution in [3.05, 3.63) is 78.9 Å². The molecule has 7 nitrogen and oxygen atoms in total. The van der Waals surface area contributed by atoms with Crippen molar-refractivity contribution in [2.24, 2.45) is 4.99 Å². The molecule has 0 saturated carbocycles. The number of nitrogens with zero attached hydrogens (tertiary/aromatic N) is 2. The molecule has 0 fully saturated rings. The average Bonchev–Trinajstić information content (AvgIpc) is 2.59. The highest BCUT2D eigenvalue weighted by atomic mass is 79.9. The average molecular weight is 416 g/mol. The van der Waals surface area contributed by atoms with E-state index in [0.29, 0.717) is 11.4 Å². The fourth-order valence-corrected chi connectivity index (χ4v) is 2.59. The molecular weight excluding hydrogens is 402 g/mol. The summed E-state index contributed by atoms with van der Waals surface area (Å²) in [7, 11) is 0. The van der Waals surface area contributed by atoms with Crippen LogP contribution in [0, 0.1) is 6.92 Å². The third kappa shape index (κ3) is 3.45. The van der Waals surface area contributed by atoms with E-state index in [1.54, 1.807) is 30.3 Å². The van der Waals surface area contributed by atoms with E-state index in [0.717, 1.165) is 14.6 Å². The Balaban J connectivity index is 2.12. The minimum Gasteiger partial charge on any atom is -0.508 e. The molecule has 0 aliphatic rings. The van der Waals surface area contributed by atoms with E-state index >= 15 is 0 Å². The highest BCUT2D eigenvalue weighted by Crippen LogP contribution is 2.22. The second-order valence-electron chi connectivity index (χ2n) is 5.54. The van der Waals surface area contributed by atoms with Gasteiger partial charge in [-0.25, -0.2) is 9.36 Å². The van der Waals surface area contributed by atoms with Crippen LogP contribution in [-0.2, 0) is 0 Å². The van der Waals surface area contributed by atoms with Crippen molar-refractivity contribution in [2.75, 3.05) is 0 Å². The molecular formula is C18H14BrN3O4. The molecule has 0 unspecified atom stereocenters. The molecule has 0 aliphatic heterocycles. The molecule has 8 heteroatoms. The van der Waals surface area contributed by atoms with E-state index in [1.807, 2.05) is 6.92 Å². The number of phenolic OH excluding ortho intramolecular Hbond substituents is 1. The molecule has 3 rings (SSSR count). The molecule has 0 spiro atoms. The number of hydrogen-bond donors (Lipinski definition) is 3. The van der Waals surface area contributed by atoms with Gasteiger partial charge in [-0.05, 0) is 55.0 Å². The number of aromatic hydroxyl groups is 2. The van der Waals surface area contributed by atoms with Crippen LogP contribution in [-0.4, -0.2) is 26.0 Å². The normalized spacial score (nSPS) is 11.2. The van der Waals surface area contributed by atoms with Crippen molar-refractivity contribution in [3.8, 4) is 17.3 Å². The summed E-state index contributed by atoms with van der Waals surface area (Å²) in [6.45, 7) is 1.84. The Morgan fingerprint density at radius 2 is 1.81 bits per heavy atom. The zero-order chi connectivity index (χ0) is 18.8. The summed E-state index contributed by atoms with van der Waals surface area (Å²) in [5, 5.41) is 19.8. The van der Waals surface area contributed by atoms with Crippen LogP contribution < -0.4 is 11.2 Å². The second-order valence-corrected chi connectivity index (χ2v) is 6.39. The minimum absolute atomic E-state index is 0.0869. The summed E-state index contributed by atoms with van der Waals surface area (Å²) in [5.74, 6) is -0.424. The maximum absolute atomic E-state index is 12.2. The number of aromatic nitrogens is 2. The van der Waals surface area contributed by atoms with Crippen molar-refractivity contribution in [3.63, 3.8) is 0 Å². The summed E-state index contributed by atoms with van der Waals surface area (Å²) in [4.78, 5) is 30.5. The second kappa shape index (κ2) is 7.01. The van der Waals surface area contributed by atoms with Crippen LogP contribution >= 0.6 is 15.9 Å². The first-order valence-corrected chi connectivity index (χ1v) is 8.34. The van der Waals surface area contributed by atoms with Crippen molar-refractivity contribution >= 4 is 27.8 Å². The van der Waals surface area contributed by atoms with Gasteiger partial charge in [0.2, 0.25) is 5.88 Å². The van der Waals surface area contributed by atoms with Crippen molar-refractivity contribution in [2.45, 2.75) is 6.92 Å². The molecule has 0 saturated heterocycles. The van der Waals surface area contributed by atoms with E-state index in [2.05, 4.69) is 25.9 Å². The predicted octanol–water partition coefficient (Wildman–Crippen LogP) is 2.76. The first kappa shape index (κ1) is 17.7. The fourth-order valence-electron chi connectivity index (χ4n) is 2.34. The molecule has 3 aromatic rings. The molecule has 1 aromatic heterocycles. The SMILES string of the molecule is Cc1cc(-n2c(O)c(C=Nc3ccc(O)cc3)c(=O)[nH]c2=O)ccc1Br. The van der Waals surface area contributed by atoms with Crippen LogP contribution in [0.4, 0.5) is 5.69 Å². The number of rotatable bonds is 3. The third-order valence-electron chi connectivity index (χ3n) is 3.71. The number of aryl methyl sites for hydroxylation is 1. The number of benzene rings is 2. The number of halogens is 1. The Kier molecular flexibility index (Phi) is 4.77. The Labute approximate surface area is 156 Å². The maximum atomic E-state index is 12.2. The van der Waals surface area contributed by atoms with Gasteiger partial charge >= 0.3 is 5.69 Å². The zero-order valence-corrected chi connectivity index (χ0v) is 15.2. The topological polar surface area (TPSA) is 108 Å². The molecule has 0 amide bonds. The third-order valence-corrected chi connectivity index (χ3v) is 4.60. The van der Waals surface area contributed by atoms with Gasteiger partial charge in [0, 0.05) is 10.7 Å². The lowest BCUT2D eigenvalue weighted by Gasteiger charge is -2.11. The zero-order valence-electron chi connectivity index (χ0n) is 13.6. The van der Waals surface area contributed by atoms with E-state index in [-0.39, 0.29) is 11.3 Å². The minimum atomic E-state index is -0.754. The number of aromatic amines is 1. The monoisotopic (exact) mass is 415 g/mol. The lowest BCUT2D eigenvalue weighted by atomic mass is 10.2. The Morgan fingerprint density at radius 1 is 1.12 bits per heavy atom. The number of H-pyrrole nitrogens is 1. The van der Waals surface area contributed by atoms with Gasteiger partial charge in [0.1, 0.15) is 11.3 Å². The smallest absolute Gasteiger partial charge is 0.335 e. The molecule has 2 aromatic carbocycles. The van der Waals surface area contributed by atoms with E-state index in [4.69, 9.17) is 0 Å². The highest BCUT2D eigenvalue weighted by Gasteiger charge is 2.14. The summed E-state index contributed by atoms with van der Waals surface area (Å²) in [6, 6.07) is 11.1. The van der Waals surface area contributed by atoms with E-state index in [9.17, 15) is 19.8 Å². The van der Waals surface area contributed by atoms with Crippen LogP contribution in [0.2, 0.25) is 0 Å². The van der Waals surface area contributed by atoms with Crippen LogP contribution in [0.1, 0.15) is 11.1 Å². The van der Waals surface area contributed by atoms with Gasteiger partial charge in [-0.15, -0.1) is 0 Å². The first-order chi connectivity index (χ1) is 12.4. The molecule has 26 heavy (non-hydrogen) atoms. The molecule has 132 valence electrons. The van der Waals surface area contributed by atoms with Crippen LogP contribution in [0.15, 0.2) is 61.5 Å². The largest absolute Gasteiger partial charge is 0.508 e. The summed E-state index contributed by atoms with van der Waals surface area (Å²) >= 11 is 3.37.